The molecule has 94 valence electrons. The highest BCUT2D eigenvalue weighted by atomic mass is 31.1. The van der Waals surface area contributed by atoms with Crippen LogP contribution in [0, 0.1) is 0 Å². The molecule has 0 fully saturated rings. The summed E-state index contributed by atoms with van der Waals surface area (Å²) in [5, 5.41) is 1.36. The zero-order chi connectivity index (χ0) is 13.0. The first-order valence-electron chi connectivity index (χ1n) is 6.01. The molecule has 2 aromatic rings. The Balaban J connectivity index is 2.32. The lowest BCUT2D eigenvalue weighted by atomic mass is 10.3. The topological polar surface area (TPSA) is 6.48 Å². The lowest BCUT2D eigenvalue weighted by Gasteiger charge is -2.34. The van der Waals surface area contributed by atoms with Crippen LogP contribution in [0.1, 0.15) is 0 Å². The minimum Gasteiger partial charge on any atom is -0.338 e. The molecule has 0 aliphatic carbocycles. The zero-order valence-electron chi connectivity index (χ0n) is 11.1. The largest absolute Gasteiger partial charge is 0.338 e. The van der Waals surface area contributed by atoms with Crippen LogP contribution in [-0.4, -0.2) is 25.8 Å². The fraction of sp³-hybridized carbons (Fsp3) is 0.200. The van der Waals surface area contributed by atoms with Crippen molar-refractivity contribution in [2.24, 2.45) is 0 Å². The summed E-state index contributed by atoms with van der Waals surface area (Å²) in [6, 6.07) is 21.2. The van der Waals surface area contributed by atoms with Crippen molar-refractivity contribution in [2.75, 3.05) is 25.8 Å². The van der Waals surface area contributed by atoms with E-state index in [9.17, 15) is 0 Å². The van der Waals surface area contributed by atoms with Crippen LogP contribution in [0.5, 0.6) is 0 Å². The number of hydrogen-bond donors (Lipinski definition) is 0. The second-order valence-corrected chi connectivity index (χ2v) is 6.83. The van der Waals surface area contributed by atoms with E-state index < -0.39 is 8.22 Å². The van der Waals surface area contributed by atoms with Crippen molar-refractivity contribution in [1.29, 1.82) is 0 Å². The molecule has 0 aliphatic rings. The van der Waals surface area contributed by atoms with Gasteiger partial charge in [-0.25, -0.2) is 0 Å². The molecule has 0 N–H and O–H groups in total. The van der Waals surface area contributed by atoms with Gasteiger partial charge in [-0.2, -0.15) is 0 Å². The Morgan fingerprint density at radius 3 is 1.72 bits per heavy atom. The third-order valence-corrected chi connectivity index (χ3v) is 5.10. The van der Waals surface area contributed by atoms with Crippen molar-refractivity contribution in [3.8, 4) is 0 Å². The summed E-state index contributed by atoms with van der Waals surface area (Å²) in [4.78, 5) is 0. The van der Waals surface area contributed by atoms with E-state index in [-0.39, 0.29) is 0 Å². The number of anilines is 1. The molecule has 2 aromatic carbocycles. The highest BCUT2D eigenvalue weighted by Crippen LogP contribution is 2.42. The second kappa shape index (κ2) is 5.99. The van der Waals surface area contributed by atoms with Gasteiger partial charge >= 0.3 is 0 Å². The number of nitrogens with zero attached hydrogens (tertiary/aromatic N) is 2. The summed E-state index contributed by atoms with van der Waals surface area (Å²) in [7, 11) is 5.95. The van der Waals surface area contributed by atoms with Crippen LogP contribution in [0.25, 0.3) is 0 Å². The highest BCUT2D eigenvalue weighted by Gasteiger charge is 2.19. The van der Waals surface area contributed by atoms with Gasteiger partial charge in [0.15, 0.2) is 0 Å². The quantitative estimate of drug-likeness (QED) is 0.776. The summed E-state index contributed by atoms with van der Waals surface area (Å²) in [5.74, 6) is 0. The predicted molar refractivity (Wildman–Crippen MR) is 81.5 cm³/mol. The van der Waals surface area contributed by atoms with Gasteiger partial charge in [0.1, 0.15) is 0 Å². The van der Waals surface area contributed by atoms with Gasteiger partial charge in [0.2, 0.25) is 0 Å². The lowest BCUT2D eigenvalue weighted by Crippen LogP contribution is -2.26. The van der Waals surface area contributed by atoms with Crippen LogP contribution in [-0.2, 0) is 0 Å². The van der Waals surface area contributed by atoms with Crippen molar-refractivity contribution in [1.82, 2.24) is 4.67 Å². The monoisotopic (exact) mass is 258 g/mol. The minimum atomic E-state index is -0.486. The van der Waals surface area contributed by atoms with Crippen LogP contribution in [0.3, 0.4) is 0 Å². The van der Waals surface area contributed by atoms with Crippen LogP contribution in [0.2, 0.25) is 0 Å². The molecule has 0 saturated heterocycles. The number of hydrogen-bond acceptors (Lipinski definition) is 2. The van der Waals surface area contributed by atoms with E-state index in [2.05, 4.69) is 91.1 Å². The van der Waals surface area contributed by atoms with E-state index in [4.69, 9.17) is 0 Å². The molecule has 0 aromatic heterocycles. The Labute approximate surface area is 111 Å². The Morgan fingerprint density at radius 2 is 1.22 bits per heavy atom. The van der Waals surface area contributed by atoms with Gasteiger partial charge < -0.3 is 4.67 Å². The molecule has 2 rings (SSSR count). The van der Waals surface area contributed by atoms with Gasteiger partial charge in [-0.15, -0.1) is 0 Å². The first-order chi connectivity index (χ1) is 8.70. The zero-order valence-corrected chi connectivity index (χ0v) is 12.0. The second-order valence-electron chi connectivity index (χ2n) is 4.33. The minimum absolute atomic E-state index is 0.486. The van der Waals surface area contributed by atoms with E-state index in [1.54, 1.807) is 0 Å². The SMILES string of the molecule is CN(C)P(c1ccccc1)N(C)c1ccccc1. The first-order valence-corrected chi connectivity index (χ1v) is 7.26. The normalized spacial score (nSPS) is 12.4. The predicted octanol–water partition coefficient (Wildman–Crippen LogP) is 3.32. The number of benzene rings is 2. The van der Waals surface area contributed by atoms with Gasteiger partial charge in [0, 0.05) is 18.0 Å². The van der Waals surface area contributed by atoms with Gasteiger partial charge in [-0.1, -0.05) is 48.5 Å². The molecule has 0 heterocycles. The van der Waals surface area contributed by atoms with Gasteiger partial charge in [0.05, 0.1) is 8.22 Å². The Bertz CT molecular complexity index is 470. The molecule has 18 heavy (non-hydrogen) atoms. The Hall–Kier alpha value is -1.37. The Kier molecular flexibility index (Phi) is 4.35. The Morgan fingerprint density at radius 1 is 0.722 bits per heavy atom. The number of para-hydroxylation sites is 1. The number of rotatable bonds is 4. The molecule has 1 unspecified atom stereocenters. The fourth-order valence-corrected chi connectivity index (χ4v) is 4.12. The van der Waals surface area contributed by atoms with E-state index in [0.29, 0.717) is 0 Å². The van der Waals surface area contributed by atoms with Gasteiger partial charge in [0.25, 0.3) is 0 Å². The van der Waals surface area contributed by atoms with E-state index in [1.165, 1.54) is 11.0 Å². The summed E-state index contributed by atoms with van der Waals surface area (Å²) in [5.41, 5.74) is 1.25. The summed E-state index contributed by atoms with van der Waals surface area (Å²) in [6.45, 7) is 0. The van der Waals surface area contributed by atoms with Crippen molar-refractivity contribution in [3.05, 3.63) is 60.7 Å². The molecule has 1 atom stereocenters. The van der Waals surface area contributed by atoms with Gasteiger partial charge in [-0.3, -0.25) is 4.67 Å². The molecule has 0 spiro atoms. The molecular formula is C15H19N2P. The first kappa shape index (κ1) is 13.1. The molecule has 0 saturated carbocycles. The van der Waals surface area contributed by atoms with Crippen molar-refractivity contribution in [3.63, 3.8) is 0 Å². The molecule has 2 nitrogen and oxygen atoms in total. The summed E-state index contributed by atoms with van der Waals surface area (Å²) >= 11 is 0. The van der Waals surface area contributed by atoms with Gasteiger partial charge in [-0.05, 0) is 26.2 Å². The highest BCUT2D eigenvalue weighted by molar-refractivity contribution is 7.64. The average molecular weight is 258 g/mol. The lowest BCUT2D eigenvalue weighted by molar-refractivity contribution is 0.680. The molecule has 0 bridgehead atoms. The van der Waals surface area contributed by atoms with Crippen LogP contribution < -0.4 is 9.97 Å². The van der Waals surface area contributed by atoms with Crippen LogP contribution in [0.4, 0.5) is 5.69 Å². The smallest absolute Gasteiger partial charge is 0.0995 e. The molecule has 3 heteroatoms. The maximum atomic E-state index is 2.35. The molecule has 0 amide bonds. The third kappa shape index (κ3) is 2.90. The molecule has 0 radical (unpaired) electrons. The van der Waals surface area contributed by atoms with E-state index in [1.807, 2.05) is 0 Å². The van der Waals surface area contributed by atoms with Crippen molar-refractivity contribution < 1.29 is 0 Å². The average Bonchev–Trinajstić information content (AvgIpc) is 2.40. The van der Waals surface area contributed by atoms with Crippen LogP contribution in [0.15, 0.2) is 60.7 Å². The van der Waals surface area contributed by atoms with E-state index >= 15 is 0 Å². The van der Waals surface area contributed by atoms with Crippen LogP contribution >= 0.6 is 8.22 Å². The fourth-order valence-electron chi connectivity index (χ4n) is 1.99. The van der Waals surface area contributed by atoms with Crippen molar-refractivity contribution in [2.45, 2.75) is 0 Å². The maximum Gasteiger partial charge on any atom is 0.0995 e. The summed E-state index contributed by atoms with van der Waals surface area (Å²) < 4.78 is 4.64. The maximum absolute atomic E-state index is 2.35. The summed E-state index contributed by atoms with van der Waals surface area (Å²) in [6.07, 6.45) is 0. The van der Waals surface area contributed by atoms with Crippen molar-refractivity contribution >= 4 is 19.2 Å². The third-order valence-electron chi connectivity index (χ3n) is 2.78. The molecular weight excluding hydrogens is 239 g/mol. The molecule has 0 aliphatic heterocycles. The van der Waals surface area contributed by atoms with E-state index in [0.717, 1.165) is 0 Å². The standard InChI is InChI=1S/C15H19N2P/c1-16(2)18(15-12-8-5-9-13-15)17(3)14-10-6-4-7-11-14/h4-13H,1-3H3.